The van der Waals surface area contributed by atoms with Crippen LogP contribution in [-0.4, -0.2) is 61.6 Å². The molecule has 1 aromatic heterocycles. The quantitative estimate of drug-likeness (QED) is 0.479. The van der Waals surface area contributed by atoms with E-state index in [2.05, 4.69) is 32.2 Å². The summed E-state index contributed by atoms with van der Waals surface area (Å²) in [5.41, 5.74) is 8.75. The van der Waals surface area contributed by atoms with E-state index in [1.165, 1.54) is 36.4 Å². The van der Waals surface area contributed by atoms with Crippen molar-refractivity contribution in [2.24, 2.45) is 5.92 Å². The lowest BCUT2D eigenvalue weighted by molar-refractivity contribution is 0.104. The number of aromatic nitrogens is 1. The van der Waals surface area contributed by atoms with Crippen LogP contribution in [-0.2, 0) is 0 Å². The molecule has 2 aliphatic heterocycles. The molecule has 3 heterocycles. The van der Waals surface area contributed by atoms with Gasteiger partial charge in [-0.15, -0.1) is 0 Å². The number of carbonyl (C=O) groups is 1. The lowest BCUT2D eigenvalue weighted by atomic mass is 10.1. The molecule has 3 aromatic rings. The van der Waals surface area contributed by atoms with Crippen molar-refractivity contribution in [2.75, 3.05) is 61.9 Å². The summed E-state index contributed by atoms with van der Waals surface area (Å²) in [4.78, 5) is 22.9. The summed E-state index contributed by atoms with van der Waals surface area (Å²) in [5.74, 6) is 2.22. The van der Waals surface area contributed by atoms with Crippen molar-refractivity contribution >= 4 is 39.4 Å². The molecule has 3 aliphatic rings. The number of thiazole rings is 1. The fourth-order valence-electron chi connectivity index (χ4n) is 4.60. The van der Waals surface area contributed by atoms with Crippen LogP contribution in [0.3, 0.4) is 0 Å². The number of benzene rings is 2. The number of fused-ring (bicyclic) bond motifs is 1. The largest absolute Gasteiger partial charge is 0.486 e. The first-order valence-corrected chi connectivity index (χ1v) is 13.0. The van der Waals surface area contributed by atoms with Gasteiger partial charge in [0.2, 0.25) is 5.78 Å². The van der Waals surface area contributed by atoms with Crippen LogP contribution in [0.15, 0.2) is 42.5 Å². The maximum atomic E-state index is 13.1. The summed E-state index contributed by atoms with van der Waals surface area (Å²) >= 11 is 1.25. The van der Waals surface area contributed by atoms with Gasteiger partial charge in [0.15, 0.2) is 16.6 Å². The SMILES string of the molecule is Nc1nc(Nc2ccc(N3CCN(CC4CC4)CC3)cc2)sc1C(=O)c1ccc2c(c1)OCCO2. The van der Waals surface area contributed by atoms with E-state index in [4.69, 9.17) is 15.2 Å². The van der Waals surface area contributed by atoms with Crippen LogP contribution < -0.4 is 25.4 Å². The van der Waals surface area contributed by atoms with Gasteiger partial charge in [-0.2, -0.15) is 0 Å². The topological polar surface area (TPSA) is 93.0 Å². The predicted octanol–water partition coefficient (Wildman–Crippen LogP) is 4.00. The smallest absolute Gasteiger partial charge is 0.206 e. The van der Waals surface area contributed by atoms with Crippen LogP contribution in [0.1, 0.15) is 28.1 Å². The number of carbonyl (C=O) groups excluding carboxylic acids is 1. The zero-order chi connectivity index (χ0) is 23.8. The number of ether oxygens (including phenoxy) is 2. The van der Waals surface area contributed by atoms with E-state index in [0.29, 0.717) is 40.3 Å². The van der Waals surface area contributed by atoms with Crippen molar-refractivity contribution in [3.8, 4) is 11.5 Å². The van der Waals surface area contributed by atoms with Crippen LogP contribution in [0.2, 0.25) is 0 Å². The highest BCUT2D eigenvalue weighted by Gasteiger charge is 2.26. The second kappa shape index (κ2) is 9.39. The van der Waals surface area contributed by atoms with E-state index in [9.17, 15) is 4.79 Å². The molecule has 6 rings (SSSR count). The number of nitrogens with zero attached hydrogens (tertiary/aromatic N) is 3. The number of nitrogens with one attached hydrogen (secondary N) is 1. The van der Waals surface area contributed by atoms with E-state index in [-0.39, 0.29) is 11.6 Å². The number of hydrogen-bond acceptors (Lipinski definition) is 9. The van der Waals surface area contributed by atoms with Crippen molar-refractivity contribution in [2.45, 2.75) is 12.8 Å². The second-order valence-corrected chi connectivity index (χ2v) is 10.3. The molecule has 1 aliphatic carbocycles. The molecule has 9 heteroatoms. The van der Waals surface area contributed by atoms with E-state index in [1.54, 1.807) is 18.2 Å². The molecular formula is C26H29N5O3S. The highest BCUT2D eigenvalue weighted by atomic mass is 32.1. The third-order valence-electron chi connectivity index (χ3n) is 6.73. The molecule has 1 saturated heterocycles. The first-order chi connectivity index (χ1) is 17.1. The van der Waals surface area contributed by atoms with Crippen LogP contribution >= 0.6 is 11.3 Å². The Morgan fingerprint density at radius 3 is 2.51 bits per heavy atom. The van der Waals surface area contributed by atoms with E-state index in [1.807, 2.05) is 12.1 Å². The third kappa shape index (κ3) is 4.92. The molecular weight excluding hydrogens is 462 g/mol. The van der Waals surface area contributed by atoms with Gasteiger partial charge in [0.05, 0.1) is 0 Å². The van der Waals surface area contributed by atoms with Crippen molar-refractivity contribution in [3.63, 3.8) is 0 Å². The highest BCUT2D eigenvalue weighted by Crippen LogP contribution is 2.35. The van der Waals surface area contributed by atoms with Gasteiger partial charge < -0.3 is 25.4 Å². The van der Waals surface area contributed by atoms with Crippen molar-refractivity contribution in [3.05, 3.63) is 52.9 Å². The Kier molecular flexibility index (Phi) is 5.95. The third-order valence-corrected chi connectivity index (χ3v) is 7.72. The van der Waals surface area contributed by atoms with Gasteiger partial charge in [-0.1, -0.05) is 11.3 Å². The zero-order valence-corrected chi connectivity index (χ0v) is 20.4. The molecule has 1 saturated carbocycles. The van der Waals surface area contributed by atoms with E-state index < -0.39 is 0 Å². The number of ketones is 1. The first-order valence-electron chi connectivity index (χ1n) is 12.2. The fourth-order valence-corrected chi connectivity index (χ4v) is 5.46. The van der Waals surface area contributed by atoms with Crippen molar-refractivity contribution in [1.29, 1.82) is 0 Å². The predicted molar refractivity (Wildman–Crippen MR) is 138 cm³/mol. The Labute approximate surface area is 208 Å². The first kappa shape index (κ1) is 22.2. The van der Waals surface area contributed by atoms with Gasteiger partial charge in [-0.05, 0) is 61.2 Å². The molecule has 0 bridgehead atoms. The second-order valence-electron chi connectivity index (χ2n) is 9.32. The number of rotatable bonds is 7. The van der Waals surface area contributed by atoms with Gasteiger partial charge in [-0.3, -0.25) is 9.69 Å². The number of nitrogens with two attached hydrogens (primary N) is 1. The maximum absolute atomic E-state index is 13.1. The minimum absolute atomic E-state index is 0.179. The Morgan fingerprint density at radius 2 is 1.77 bits per heavy atom. The molecule has 35 heavy (non-hydrogen) atoms. The lowest BCUT2D eigenvalue weighted by Crippen LogP contribution is -2.47. The maximum Gasteiger partial charge on any atom is 0.206 e. The molecule has 8 nitrogen and oxygen atoms in total. The van der Waals surface area contributed by atoms with Gasteiger partial charge in [-0.25, -0.2) is 4.98 Å². The average Bonchev–Trinajstić information content (AvgIpc) is 3.64. The molecule has 0 unspecified atom stereocenters. The van der Waals surface area contributed by atoms with Gasteiger partial charge in [0, 0.05) is 49.7 Å². The normalized spacial score (nSPS) is 17.9. The number of anilines is 4. The summed E-state index contributed by atoms with van der Waals surface area (Å²) in [5, 5.41) is 3.88. The van der Waals surface area contributed by atoms with Crippen LogP contribution in [0.25, 0.3) is 0 Å². The lowest BCUT2D eigenvalue weighted by Gasteiger charge is -2.36. The van der Waals surface area contributed by atoms with Crippen LogP contribution in [0.4, 0.5) is 22.3 Å². The standard InChI is InChI=1S/C26H29N5O3S/c27-25-24(23(32)18-3-8-21-22(15-18)34-14-13-33-21)35-26(29-25)28-19-4-6-20(7-5-19)31-11-9-30(10-12-31)16-17-1-2-17/h3-8,15,17H,1-2,9-14,16,27H2,(H,28,29). The van der Waals surface area contributed by atoms with E-state index >= 15 is 0 Å². The van der Waals surface area contributed by atoms with Gasteiger partial charge >= 0.3 is 0 Å². The Morgan fingerprint density at radius 1 is 1.03 bits per heavy atom. The van der Waals surface area contributed by atoms with Crippen LogP contribution in [0.5, 0.6) is 11.5 Å². The fraction of sp³-hybridized carbons (Fsp3) is 0.385. The van der Waals surface area contributed by atoms with Crippen molar-refractivity contribution in [1.82, 2.24) is 9.88 Å². The minimum atomic E-state index is -0.179. The molecule has 3 N–H and O–H groups in total. The molecule has 2 fully saturated rings. The zero-order valence-electron chi connectivity index (χ0n) is 19.5. The Balaban J connectivity index is 1.09. The molecule has 2 aromatic carbocycles. The molecule has 0 atom stereocenters. The van der Waals surface area contributed by atoms with E-state index in [0.717, 1.165) is 37.8 Å². The minimum Gasteiger partial charge on any atom is -0.486 e. The summed E-state index contributed by atoms with van der Waals surface area (Å²) in [6, 6.07) is 13.6. The van der Waals surface area contributed by atoms with Gasteiger partial charge in [0.25, 0.3) is 0 Å². The molecule has 182 valence electrons. The molecule has 0 radical (unpaired) electrons. The number of nitrogen functional groups attached to an aromatic ring is 1. The Bertz CT molecular complexity index is 1220. The van der Waals surface area contributed by atoms with Crippen LogP contribution in [0, 0.1) is 5.92 Å². The van der Waals surface area contributed by atoms with Crippen molar-refractivity contribution < 1.29 is 14.3 Å². The summed E-state index contributed by atoms with van der Waals surface area (Å²) in [6.45, 7) is 6.64. The Hall–Kier alpha value is -3.30. The summed E-state index contributed by atoms with van der Waals surface area (Å²) < 4.78 is 11.1. The highest BCUT2D eigenvalue weighted by molar-refractivity contribution is 7.18. The molecule has 0 spiro atoms. The summed E-state index contributed by atoms with van der Waals surface area (Å²) in [6.07, 6.45) is 2.82. The monoisotopic (exact) mass is 491 g/mol. The summed E-state index contributed by atoms with van der Waals surface area (Å²) in [7, 11) is 0. The average molecular weight is 492 g/mol. The molecule has 0 amide bonds. The number of piperazine rings is 1. The number of hydrogen-bond donors (Lipinski definition) is 2. The van der Waals surface area contributed by atoms with Gasteiger partial charge in [0.1, 0.15) is 23.9 Å².